The fraction of sp³-hybridized carbons (Fsp3) is 0. The first-order valence-corrected chi connectivity index (χ1v) is 5.86. The Bertz CT molecular complexity index is 602. The third-order valence-electron chi connectivity index (χ3n) is 2.28. The van der Waals surface area contributed by atoms with E-state index >= 15 is 0 Å². The van der Waals surface area contributed by atoms with Gasteiger partial charge in [-0.15, -0.1) is 0 Å². The fourth-order valence-corrected chi connectivity index (χ4v) is 1.75. The Kier molecular flexibility index (Phi) is 3.47. The number of aromatic hydroxyl groups is 1. The Hall–Kier alpha value is -2.08. The molecule has 92 valence electrons. The van der Waals surface area contributed by atoms with Gasteiger partial charge in [0, 0.05) is 16.4 Å². The average Bonchev–Trinajstić information content (AvgIpc) is 2.34. The number of carbonyl (C=O) groups excluding carboxylic acids is 1. The molecule has 1 heterocycles. The summed E-state index contributed by atoms with van der Waals surface area (Å²) in [6.45, 7) is 0. The van der Waals surface area contributed by atoms with Gasteiger partial charge in [-0.25, -0.2) is 0 Å². The summed E-state index contributed by atoms with van der Waals surface area (Å²) in [4.78, 5) is 15.6. The molecule has 4 N–H and O–H groups in total. The van der Waals surface area contributed by atoms with Gasteiger partial charge in [0.05, 0.1) is 17.4 Å². The van der Waals surface area contributed by atoms with E-state index in [9.17, 15) is 9.90 Å². The molecule has 0 saturated carbocycles. The monoisotopic (exact) mass is 307 g/mol. The molecule has 2 aromatic rings. The smallest absolute Gasteiger partial charge is 0.259 e. The van der Waals surface area contributed by atoms with Crippen LogP contribution in [0.15, 0.2) is 41.1 Å². The summed E-state index contributed by atoms with van der Waals surface area (Å²) in [6, 6.07) is 6.51. The third kappa shape index (κ3) is 2.60. The number of hydrogen-bond donors (Lipinski definition) is 3. The van der Waals surface area contributed by atoms with Crippen molar-refractivity contribution in [3.63, 3.8) is 0 Å². The second kappa shape index (κ2) is 5.05. The van der Waals surface area contributed by atoms with Crippen molar-refractivity contribution in [3.8, 4) is 5.75 Å². The minimum Gasteiger partial charge on any atom is -0.505 e. The number of anilines is 2. The Morgan fingerprint density at radius 1 is 1.39 bits per heavy atom. The molecule has 0 aliphatic rings. The molecule has 0 spiro atoms. The van der Waals surface area contributed by atoms with E-state index < -0.39 is 5.91 Å². The molecule has 0 bridgehead atoms. The van der Waals surface area contributed by atoms with E-state index in [-0.39, 0.29) is 11.3 Å². The lowest BCUT2D eigenvalue weighted by Crippen LogP contribution is -2.12. The van der Waals surface area contributed by atoms with E-state index in [1.807, 2.05) is 0 Å². The van der Waals surface area contributed by atoms with Gasteiger partial charge >= 0.3 is 0 Å². The van der Waals surface area contributed by atoms with Crippen LogP contribution in [-0.4, -0.2) is 16.0 Å². The lowest BCUT2D eigenvalue weighted by Gasteiger charge is -2.09. The van der Waals surface area contributed by atoms with Gasteiger partial charge in [0.15, 0.2) is 0 Å². The summed E-state index contributed by atoms with van der Waals surface area (Å²) < 4.78 is 0.707. The van der Waals surface area contributed by atoms with E-state index in [0.29, 0.717) is 15.8 Å². The molecule has 6 heteroatoms. The van der Waals surface area contributed by atoms with Crippen LogP contribution in [0.25, 0.3) is 0 Å². The highest BCUT2D eigenvalue weighted by molar-refractivity contribution is 9.10. The molecular formula is C12H10BrN3O2. The Morgan fingerprint density at radius 3 is 2.89 bits per heavy atom. The molecule has 0 radical (unpaired) electrons. The average molecular weight is 308 g/mol. The van der Waals surface area contributed by atoms with E-state index in [4.69, 9.17) is 5.73 Å². The molecule has 0 aliphatic heterocycles. The highest BCUT2D eigenvalue weighted by atomic mass is 79.9. The number of amides is 1. The van der Waals surface area contributed by atoms with Gasteiger partial charge in [-0.1, -0.05) is 0 Å². The lowest BCUT2D eigenvalue weighted by atomic mass is 10.2. The van der Waals surface area contributed by atoms with Crippen LogP contribution in [0.3, 0.4) is 0 Å². The minimum absolute atomic E-state index is 0.152. The molecule has 0 unspecified atom stereocenters. The number of halogens is 1. The van der Waals surface area contributed by atoms with Crippen molar-refractivity contribution in [3.05, 3.63) is 46.7 Å². The van der Waals surface area contributed by atoms with Crippen LogP contribution >= 0.6 is 15.9 Å². The van der Waals surface area contributed by atoms with Crippen molar-refractivity contribution in [2.24, 2.45) is 0 Å². The molecular weight excluding hydrogens is 298 g/mol. The van der Waals surface area contributed by atoms with Crippen LogP contribution in [0.4, 0.5) is 11.4 Å². The van der Waals surface area contributed by atoms with Gasteiger partial charge < -0.3 is 16.2 Å². The molecule has 1 amide bonds. The van der Waals surface area contributed by atoms with Crippen LogP contribution in [0.1, 0.15) is 10.4 Å². The molecule has 5 nitrogen and oxygen atoms in total. The van der Waals surface area contributed by atoms with Crippen molar-refractivity contribution in [2.45, 2.75) is 0 Å². The minimum atomic E-state index is -0.429. The van der Waals surface area contributed by atoms with Gasteiger partial charge in [0.2, 0.25) is 0 Å². The molecule has 1 aromatic carbocycles. The summed E-state index contributed by atoms with van der Waals surface area (Å²) in [5, 5.41) is 12.2. The summed E-state index contributed by atoms with van der Waals surface area (Å²) in [6.07, 6.45) is 2.65. The zero-order valence-corrected chi connectivity index (χ0v) is 10.8. The number of benzene rings is 1. The summed E-state index contributed by atoms with van der Waals surface area (Å²) in [5.41, 5.74) is 6.87. The number of pyridine rings is 1. The van der Waals surface area contributed by atoms with Gasteiger partial charge in [0.1, 0.15) is 5.75 Å². The van der Waals surface area contributed by atoms with Crippen molar-refractivity contribution in [1.29, 1.82) is 0 Å². The van der Waals surface area contributed by atoms with Crippen molar-refractivity contribution < 1.29 is 9.90 Å². The normalized spacial score (nSPS) is 10.1. The number of nitrogen functional groups attached to an aromatic ring is 1. The van der Waals surface area contributed by atoms with E-state index in [1.54, 1.807) is 18.2 Å². The first-order valence-electron chi connectivity index (χ1n) is 5.07. The zero-order chi connectivity index (χ0) is 13.1. The number of nitrogens with one attached hydrogen (secondary N) is 1. The zero-order valence-electron chi connectivity index (χ0n) is 9.22. The molecule has 2 rings (SSSR count). The molecule has 0 aliphatic carbocycles. The number of hydrogen-bond acceptors (Lipinski definition) is 4. The van der Waals surface area contributed by atoms with Gasteiger partial charge in [0.25, 0.3) is 5.91 Å². The van der Waals surface area contributed by atoms with E-state index in [0.717, 1.165) is 0 Å². The number of carbonyl (C=O) groups is 1. The maximum absolute atomic E-state index is 11.9. The van der Waals surface area contributed by atoms with Crippen LogP contribution < -0.4 is 11.1 Å². The number of aromatic nitrogens is 1. The Labute approximate surface area is 112 Å². The number of nitrogens with two attached hydrogens (primary N) is 1. The van der Waals surface area contributed by atoms with Crippen LogP contribution in [0.2, 0.25) is 0 Å². The molecule has 18 heavy (non-hydrogen) atoms. The molecule has 1 aromatic heterocycles. The second-order valence-electron chi connectivity index (χ2n) is 3.59. The summed E-state index contributed by atoms with van der Waals surface area (Å²) in [7, 11) is 0. The van der Waals surface area contributed by atoms with Crippen LogP contribution in [0.5, 0.6) is 5.75 Å². The van der Waals surface area contributed by atoms with E-state index in [1.165, 1.54) is 18.5 Å². The highest BCUT2D eigenvalue weighted by Crippen LogP contribution is 2.26. The van der Waals surface area contributed by atoms with Crippen molar-refractivity contribution >= 4 is 33.2 Å². The highest BCUT2D eigenvalue weighted by Gasteiger charge is 2.12. The van der Waals surface area contributed by atoms with Gasteiger partial charge in [-0.3, -0.25) is 9.78 Å². The van der Waals surface area contributed by atoms with Crippen LogP contribution in [-0.2, 0) is 0 Å². The van der Waals surface area contributed by atoms with Gasteiger partial charge in [-0.05, 0) is 40.2 Å². The predicted molar refractivity (Wildman–Crippen MR) is 72.4 cm³/mol. The molecule has 0 atom stereocenters. The molecule has 0 saturated heterocycles. The standard InChI is InChI=1S/C12H10BrN3O2/c13-9-2-1-7(14)5-10(9)16-12(18)8-3-4-15-6-11(8)17/h1-6,17H,14H2,(H,16,18). The van der Waals surface area contributed by atoms with Crippen molar-refractivity contribution in [1.82, 2.24) is 4.98 Å². The topological polar surface area (TPSA) is 88.2 Å². The largest absolute Gasteiger partial charge is 0.505 e. The SMILES string of the molecule is Nc1ccc(Br)c(NC(=O)c2ccncc2O)c1. The first-order chi connectivity index (χ1) is 8.58. The van der Waals surface area contributed by atoms with Gasteiger partial charge in [-0.2, -0.15) is 0 Å². The van der Waals surface area contributed by atoms with Crippen LogP contribution in [0, 0.1) is 0 Å². The Balaban J connectivity index is 2.27. The van der Waals surface area contributed by atoms with Crippen molar-refractivity contribution in [2.75, 3.05) is 11.1 Å². The quantitative estimate of drug-likeness (QED) is 0.743. The number of nitrogens with zero attached hydrogens (tertiary/aromatic N) is 1. The number of rotatable bonds is 2. The lowest BCUT2D eigenvalue weighted by molar-refractivity contribution is 0.102. The summed E-state index contributed by atoms with van der Waals surface area (Å²) >= 11 is 3.30. The molecule has 0 fully saturated rings. The summed E-state index contributed by atoms with van der Waals surface area (Å²) in [5.74, 6) is -0.601. The van der Waals surface area contributed by atoms with E-state index in [2.05, 4.69) is 26.2 Å². The maximum Gasteiger partial charge on any atom is 0.259 e. The first kappa shape index (κ1) is 12.4. The maximum atomic E-state index is 11.9. The third-order valence-corrected chi connectivity index (χ3v) is 2.97. The second-order valence-corrected chi connectivity index (χ2v) is 4.44. The Morgan fingerprint density at radius 2 is 2.17 bits per heavy atom. The predicted octanol–water partition coefficient (Wildman–Crippen LogP) is 2.38. The fourth-order valence-electron chi connectivity index (χ4n) is 1.41.